The van der Waals surface area contributed by atoms with Crippen LogP contribution in [0.4, 0.5) is 0 Å². The average Bonchev–Trinajstić information content (AvgIpc) is 3.06. The summed E-state index contributed by atoms with van der Waals surface area (Å²) in [7, 11) is 1.63. The van der Waals surface area contributed by atoms with Crippen LogP contribution in [-0.4, -0.2) is 80.5 Å². The van der Waals surface area contributed by atoms with Gasteiger partial charge in [0.1, 0.15) is 17.2 Å². The van der Waals surface area contributed by atoms with Gasteiger partial charge in [0.2, 0.25) is 0 Å². The maximum absolute atomic E-state index is 12.3. The molecule has 1 fully saturated rings. The number of rotatable bonds is 7. The van der Waals surface area contributed by atoms with Crippen LogP contribution in [0.3, 0.4) is 0 Å². The lowest BCUT2D eigenvalue weighted by molar-refractivity contribution is 0.0420. The van der Waals surface area contributed by atoms with Crippen molar-refractivity contribution in [2.75, 3.05) is 59.6 Å². The SMILES string of the molecule is COc1ccc2cc(C(=O)OCCN3CCN(CCO)CC3)sc2c1. The van der Waals surface area contributed by atoms with Crippen LogP contribution in [0.25, 0.3) is 10.1 Å². The molecule has 1 N–H and O–H groups in total. The van der Waals surface area contributed by atoms with Crippen molar-refractivity contribution in [2.24, 2.45) is 0 Å². The number of benzene rings is 1. The summed E-state index contributed by atoms with van der Waals surface area (Å²) >= 11 is 1.43. The number of carbonyl (C=O) groups is 1. The Morgan fingerprint density at radius 1 is 1.16 bits per heavy atom. The van der Waals surface area contributed by atoms with Crippen molar-refractivity contribution < 1.29 is 19.4 Å². The van der Waals surface area contributed by atoms with E-state index in [1.807, 2.05) is 24.3 Å². The minimum Gasteiger partial charge on any atom is -0.497 e. The van der Waals surface area contributed by atoms with Crippen LogP contribution in [0, 0.1) is 0 Å². The third-order valence-corrected chi connectivity index (χ3v) is 5.53. The largest absolute Gasteiger partial charge is 0.497 e. The average molecular weight is 364 g/mol. The molecule has 0 saturated carbocycles. The number of aliphatic hydroxyl groups is 1. The van der Waals surface area contributed by atoms with E-state index in [2.05, 4.69) is 9.80 Å². The predicted octanol–water partition coefficient (Wildman–Crippen LogP) is 1.68. The zero-order chi connectivity index (χ0) is 17.6. The first-order chi connectivity index (χ1) is 12.2. The van der Waals surface area contributed by atoms with E-state index in [0.717, 1.165) is 55.1 Å². The Bertz CT molecular complexity index is 710. The molecule has 0 aliphatic carbocycles. The molecular formula is C18H24N2O4S. The van der Waals surface area contributed by atoms with Gasteiger partial charge in [-0.15, -0.1) is 11.3 Å². The van der Waals surface area contributed by atoms with E-state index in [-0.39, 0.29) is 12.6 Å². The van der Waals surface area contributed by atoms with Crippen LogP contribution < -0.4 is 4.74 Å². The minimum absolute atomic E-state index is 0.207. The van der Waals surface area contributed by atoms with Crippen molar-refractivity contribution in [1.29, 1.82) is 0 Å². The van der Waals surface area contributed by atoms with Gasteiger partial charge in [0, 0.05) is 44.0 Å². The molecule has 25 heavy (non-hydrogen) atoms. The Labute approximate surface area is 151 Å². The summed E-state index contributed by atoms with van der Waals surface area (Å²) in [5.41, 5.74) is 0. The molecule has 6 nitrogen and oxygen atoms in total. The maximum Gasteiger partial charge on any atom is 0.348 e. The summed E-state index contributed by atoms with van der Waals surface area (Å²) in [6.07, 6.45) is 0. The van der Waals surface area contributed by atoms with Gasteiger partial charge < -0.3 is 14.6 Å². The van der Waals surface area contributed by atoms with Gasteiger partial charge in [0.15, 0.2) is 0 Å². The number of methoxy groups -OCH3 is 1. The molecule has 0 amide bonds. The summed E-state index contributed by atoms with van der Waals surface area (Å²) in [5.74, 6) is 0.522. The number of piperazine rings is 1. The molecule has 2 heterocycles. The molecule has 0 spiro atoms. The van der Waals surface area contributed by atoms with Crippen molar-refractivity contribution in [3.8, 4) is 5.75 Å². The van der Waals surface area contributed by atoms with Crippen molar-refractivity contribution in [3.63, 3.8) is 0 Å². The number of hydrogen-bond donors (Lipinski definition) is 1. The quantitative estimate of drug-likeness (QED) is 0.754. The molecular weight excluding hydrogens is 340 g/mol. The van der Waals surface area contributed by atoms with Gasteiger partial charge in [0.25, 0.3) is 0 Å². The van der Waals surface area contributed by atoms with Crippen LogP contribution in [0.15, 0.2) is 24.3 Å². The molecule has 3 rings (SSSR count). The molecule has 2 aromatic rings. The van der Waals surface area contributed by atoms with Crippen molar-refractivity contribution in [1.82, 2.24) is 9.80 Å². The number of β-amino-alcohol motifs (C(OH)–C–C–N with tert-alkyl or cyclic N) is 1. The van der Waals surface area contributed by atoms with Gasteiger partial charge in [-0.05, 0) is 29.7 Å². The number of ether oxygens (including phenoxy) is 2. The predicted molar refractivity (Wildman–Crippen MR) is 98.6 cm³/mol. The van der Waals surface area contributed by atoms with Gasteiger partial charge in [-0.1, -0.05) is 0 Å². The number of fused-ring (bicyclic) bond motifs is 1. The lowest BCUT2D eigenvalue weighted by Crippen LogP contribution is -2.48. The number of aliphatic hydroxyl groups excluding tert-OH is 1. The van der Waals surface area contributed by atoms with Crippen LogP contribution >= 0.6 is 11.3 Å². The second-order valence-electron chi connectivity index (χ2n) is 6.06. The van der Waals surface area contributed by atoms with Crippen LogP contribution in [0.1, 0.15) is 9.67 Å². The van der Waals surface area contributed by atoms with E-state index in [1.165, 1.54) is 11.3 Å². The van der Waals surface area contributed by atoms with E-state index >= 15 is 0 Å². The second kappa shape index (κ2) is 8.62. The summed E-state index contributed by atoms with van der Waals surface area (Å²) in [5, 5.41) is 9.98. The van der Waals surface area contributed by atoms with Crippen LogP contribution in [0.2, 0.25) is 0 Å². The normalized spacial score (nSPS) is 16.2. The lowest BCUT2D eigenvalue weighted by Gasteiger charge is -2.34. The molecule has 1 aromatic carbocycles. The van der Waals surface area contributed by atoms with E-state index in [1.54, 1.807) is 7.11 Å². The molecule has 1 aliphatic rings. The van der Waals surface area contributed by atoms with E-state index in [9.17, 15) is 4.79 Å². The Kier molecular flexibility index (Phi) is 6.25. The number of carbonyl (C=O) groups excluding carboxylic acids is 1. The third-order valence-electron chi connectivity index (χ3n) is 4.45. The molecule has 0 unspecified atom stereocenters. The Hall–Kier alpha value is -1.67. The second-order valence-corrected chi connectivity index (χ2v) is 7.14. The van der Waals surface area contributed by atoms with Crippen LogP contribution in [0.5, 0.6) is 5.75 Å². The van der Waals surface area contributed by atoms with E-state index < -0.39 is 0 Å². The minimum atomic E-state index is -0.265. The van der Waals surface area contributed by atoms with Gasteiger partial charge in [0.05, 0.1) is 13.7 Å². The highest BCUT2D eigenvalue weighted by molar-refractivity contribution is 7.20. The van der Waals surface area contributed by atoms with E-state index in [0.29, 0.717) is 11.5 Å². The standard InChI is InChI=1S/C18H24N2O4S/c1-23-15-3-2-14-12-17(25-16(14)13-15)18(22)24-11-9-20-6-4-19(5-7-20)8-10-21/h2-3,12-13,21H,4-11H2,1H3. The molecule has 0 bridgehead atoms. The van der Waals surface area contributed by atoms with Gasteiger partial charge in [-0.3, -0.25) is 9.80 Å². The Morgan fingerprint density at radius 2 is 1.88 bits per heavy atom. The van der Waals surface area contributed by atoms with E-state index in [4.69, 9.17) is 14.6 Å². The van der Waals surface area contributed by atoms with Crippen molar-refractivity contribution >= 4 is 27.4 Å². The lowest BCUT2D eigenvalue weighted by atomic mass is 10.2. The topological polar surface area (TPSA) is 62.2 Å². The first kappa shape index (κ1) is 18.1. The Morgan fingerprint density at radius 3 is 2.56 bits per heavy atom. The smallest absolute Gasteiger partial charge is 0.348 e. The zero-order valence-electron chi connectivity index (χ0n) is 14.4. The number of nitrogens with zero attached hydrogens (tertiary/aromatic N) is 2. The van der Waals surface area contributed by atoms with Crippen LogP contribution in [-0.2, 0) is 4.74 Å². The van der Waals surface area contributed by atoms with Crippen molar-refractivity contribution in [3.05, 3.63) is 29.1 Å². The molecule has 1 aromatic heterocycles. The highest BCUT2D eigenvalue weighted by Gasteiger charge is 2.17. The van der Waals surface area contributed by atoms with Gasteiger partial charge in [-0.25, -0.2) is 4.79 Å². The fraction of sp³-hybridized carbons (Fsp3) is 0.500. The summed E-state index contributed by atoms with van der Waals surface area (Å²) in [6, 6.07) is 7.64. The molecule has 7 heteroatoms. The zero-order valence-corrected chi connectivity index (χ0v) is 15.3. The van der Waals surface area contributed by atoms with Crippen molar-refractivity contribution in [2.45, 2.75) is 0 Å². The fourth-order valence-corrected chi connectivity index (χ4v) is 3.94. The molecule has 0 atom stereocenters. The fourth-order valence-electron chi connectivity index (χ4n) is 2.96. The monoisotopic (exact) mass is 364 g/mol. The molecule has 1 saturated heterocycles. The molecule has 0 radical (unpaired) electrons. The first-order valence-corrected chi connectivity index (χ1v) is 9.31. The molecule has 1 aliphatic heterocycles. The summed E-state index contributed by atoms with van der Waals surface area (Å²) in [4.78, 5) is 17.4. The maximum atomic E-state index is 12.3. The highest BCUT2D eigenvalue weighted by atomic mass is 32.1. The Balaban J connectivity index is 1.47. The molecule has 136 valence electrons. The van der Waals surface area contributed by atoms with Gasteiger partial charge >= 0.3 is 5.97 Å². The number of esters is 1. The summed E-state index contributed by atoms with van der Waals surface area (Å²) in [6.45, 7) is 5.88. The van der Waals surface area contributed by atoms with Gasteiger partial charge in [-0.2, -0.15) is 0 Å². The third kappa shape index (κ3) is 4.70. The number of hydrogen-bond acceptors (Lipinski definition) is 7. The highest BCUT2D eigenvalue weighted by Crippen LogP contribution is 2.29. The number of thiophene rings is 1. The first-order valence-electron chi connectivity index (χ1n) is 8.50. The summed E-state index contributed by atoms with van der Waals surface area (Å²) < 4.78 is 11.7.